The van der Waals surface area contributed by atoms with Gasteiger partial charge < -0.3 is 4.74 Å². The molecular weight excluding hydrogens is 152 g/mol. The van der Waals surface area contributed by atoms with Gasteiger partial charge in [-0.2, -0.15) is 0 Å². The maximum absolute atomic E-state index is 5.20. The van der Waals surface area contributed by atoms with Crippen molar-refractivity contribution in [1.82, 2.24) is 9.97 Å². The van der Waals surface area contributed by atoms with E-state index < -0.39 is 0 Å². The van der Waals surface area contributed by atoms with E-state index in [0.717, 1.165) is 0 Å². The van der Waals surface area contributed by atoms with Crippen LogP contribution in [0.25, 0.3) is 0 Å². The second-order valence-electron chi connectivity index (χ2n) is 1.90. The fourth-order valence-corrected chi connectivity index (χ4v) is 0.764. The first-order valence-electron chi connectivity index (χ1n) is 3.15. The van der Waals surface area contributed by atoms with E-state index in [9.17, 15) is 0 Å². The summed E-state index contributed by atoms with van der Waals surface area (Å²) in [4.78, 5) is 7.61. The summed E-state index contributed by atoms with van der Waals surface area (Å²) in [6.45, 7) is 0. The molecule has 3 nitrogen and oxygen atoms in total. The standard InChI is InChI=1S/C9H6N2O/c1-4-7-8(5-2)10-6-11-9(7)12-3/h1-2,6H,3H3. The van der Waals surface area contributed by atoms with E-state index in [1.165, 1.54) is 13.4 Å². The summed E-state index contributed by atoms with van der Waals surface area (Å²) in [7, 11) is 1.48. The van der Waals surface area contributed by atoms with Crippen molar-refractivity contribution in [2.24, 2.45) is 0 Å². The van der Waals surface area contributed by atoms with Crippen LogP contribution in [0.5, 0.6) is 5.88 Å². The van der Waals surface area contributed by atoms with E-state index in [-0.39, 0.29) is 0 Å². The summed E-state index contributed by atoms with van der Waals surface area (Å²) < 4.78 is 4.89. The zero-order chi connectivity index (χ0) is 8.97. The maximum atomic E-state index is 5.20. The molecule has 0 atom stereocenters. The Kier molecular flexibility index (Phi) is 2.30. The Morgan fingerprint density at radius 3 is 2.58 bits per heavy atom. The van der Waals surface area contributed by atoms with Gasteiger partial charge in [0.05, 0.1) is 7.11 Å². The molecule has 1 aromatic heterocycles. The second kappa shape index (κ2) is 3.41. The number of methoxy groups -OCH3 is 1. The van der Waals surface area contributed by atoms with Gasteiger partial charge in [0.25, 0.3) is 0 Å². The highest BCUT2D eigenvalue weighted by Gasteiger charge is 2.06. The molecule has 0 spiro atoms. The monoisotopic (exact) mass is 158 g/mol. The van der Waals surface area contributed by atoms with Crippen molar-refractivity contribution in [2.45, 2.75) is 0 Å². The Morgan fingerprint density at radius 1 is 1.33 bits per heavy atom. The van der Waals surface area contributed by atoms with Crippen molar-refractivity contribution in [1.29, 1.82) is 0 Å². The Bertz CT molecular complexity index is 371. The number of ether oxygens (including phenoxy) is 1. The van der Waals surface area contributed by atoms with Gasteiger partial charge in [-0.05, 0) is 5.92 Å². The average Bonchev–Trinajstić information content (AvgIpc) is 2.16. The van der Waals surface area contributed by atoms with Crippen LogP contribution >= 0.6 is 0 Å². The third-order valence-corrected chi connectivity index (χ3v) is 1.29. The van der Waals surface area contributed by atoms with Crippen LogP contribution in [0.1, 0.15) is 11.3 Å². The van der Waals surface area contributed by atoms with Gasteiger partial charge in [-0.1, -0.05) is 5.92 Å². The van der Waals surface area contributed by atoms with Gasteiger partial charge in [0, 0.05) is 0 Å². The second-order valence-corrected chi connectivity index (χ2v) is 1.90. The van der Waals surface area contributed by atoms with Crippen LogP contribution in [-0.4, -0.2) is 17.1 Å². The van der Waals surface area contributed by atoms with E-state index in [2.05, 4.69) is 21.8 Å². The number of terminal acetylenes is 2. The van der Waals surface area contributed by atoms with Crippen LogP contribution in [0.15, 0.2) is 6.33 Å². The molecule has 0 aliphatic heterocycles. The van der Waals surface area contributed by atoms with E-state index in [1.54, 1.807) is 0 Å². The summed E-state index contributed by atoms with van der Waals surface area (Å²) in [5.74, 6) is 5.05. The molecule has 0 saturated carbocycles. The number of nitrogens with zero attached hydrogens (tertiary/aromatic N) is 2. The summed E-state index contributed by atoms with van der Waals surface area (Å²) >= 11 is 0. The van der Waals surface area contributed by atoms with Crippen LogP contribution < -0.4 is 4.74 Å². The Labute approximate surface area is 70.8 Å². The lowest BCUT2D eigenvalue weighted by molar-refractivity contribution is 0.395. The Balaban J connectivity index is 3.37. The van der Waals surface area contributed by atoms with Crippen LogP contribution in [0.4, 0.5) is 0 Å². The Hall–Kier alpha value is -2.00. The maximum Gasteiger partial charge on any atom is 0.233 e. The van der Waals surface area contributed by atoms with Crippen LogP contribution in [0.3, 0.4) is 0 Å². The normalized spacial score (nSPS) is 8.25. The zero-order valence-corrected chi connectivity index (χ0v) is 6.53. The smallest absolute Gasteiger partial charge is 0.233 e. The summed E-state index contributed by atoms with van der Waals surface area (Å²) in [5.41, 5.74) is 0.798. The first-order valence-corrected chi connectivity index (χ1v) is 3.15. The molecule has 0 N–H and O–H groups in total. The number of aromatic nitrogens is 2. The van der Waals surface area contributed by atoms with Crippen molar-refractivity contribution in [3.63, 3.8) is 0 Å². The van der Waals surface area contributed by atoms with Gasteiger partial charge in [0.2, 0.25) is 5.88 Å². The van der Waals surface area contributed by atoms with Crippen molar-refractivity contribution >= 4 is 0 Å². The molecule has 0 aliphatic carbocycles. The highest BCUT2D eigenvalue weighted by Crippen LogP contribution is 2.14. The van der Waals surface area contributed by atoms with Gasteiger partial charge >= 0.3 is 0 Å². The molecule has 1 rings (SSSR count). The summed E-state index contributed by atoms with van der Waals surface area (Å²) in [6, 6.07) is 0. The first-order chi connectivity index (χ1) is 5.83. The molecule has 12 heavy (non-hydrogen) atoms. The highest BCUT2D eigenvalue weighted by molar-refractivity contribution is 5.49. The third-order valence-electron chi connectivity index (χ3n) is 1.29. The molecule has 58 valence electrons. The molecule has 0 bridgehead atoms. The SMILES string of the molecule is C#Cc1ncnc(OC)c1C#C. The molecule has 3 heteroatoms. The van der Waals surface area contributed by atoms with E-state index >= 15 is 0 Å². The minimum atomic E-state index is 0.334. The predicted octanol–water partition coefficient (Wildman–Crippen LogP) is 0.448. The first kappa shape index (κ1) is 8.10. The fraction of sp³-hybridized carbons (Fsp3) is 0.111. The van der Waals surface area contributed by atoms with E-state index in [4.69, 9.17) is 17.6 Å². The van der Waals surface area contributed by atoms with Crippen molar-refractivity contribution in [3.05, 3.63) is 17.6 Å². The largest absolute Gasteiger partial charge is 0.480 e. The minimum Gasteiger partial charge on any atom is -0.480 e. The predicted molar refractivity (Wildman–Crippen MR) is 44.5 cm³/mol. The lowest BCUT2D eigenvalue weighted by atomic mass is 10.2. The molecule has 0 radical (unpaired) electrons. The summed E-state index contributed by atoms with van der Waals surface area (Å²) in [6.07, 6.45) is 11.7. The molecule has 0 fully saturated rings. The minimum absolute atomic E-state index is 0.334. The van der Waals surface area contributed by atoms with Gasteiger partial charge in [0.15, 0.2) is 0 Å². The topological polar surface area (TPSA) is 35.0 Å². The molecule has 0 unspecified atom stereocenters. The zero-order valence-electron chi connectivity index (χ0n) is 6.53. The molecule has 1 aromatic rings. The van der Waals surface area contributed by atoms with Crippen molar-refractivity contribution < 1.29 is 4.74 Å². The summed E-state index contributed by atoms with van der Waals surface area (Å²) in [5, 5.41) is 0. The van der Waals surface area contributed by atoms with Crippen molar-refractivity contribution in [3.8, 4) is 30.6 Å². The molecular formula is C9H6N2O. The molecule has 0 saturated heterocycles. The molecule has 0 amide bonds. The van der Waals surface area contributed by atoms with Gasteiger partial charge in [-0.3, -0.25) is 0 Å². The van der Waals surface area contributed by atoms with Crippen LogP contribution in [0, 0.1) is 24.7 Å². The van der Waals surface area contributed by atoms with E-state index in [1.807, 2.05) is 0 Å². The van der Waals surface area contributed by atoms with Gasteiger partial charge in [-0.15, -0.1) is 12.8 Å². The van der Waals surface area contributed by atoms with E-state index in [0.29, 0.717) is 17.1 Å². The molecule has 0 aromatic carbocycles. The van der Waals surface area contributed by atoms with Crippen molar-refractivity contribution in [2.75, 3.05) is 7.11 Å². The molecule has 1 heterocycles. The lowest BCUT2D eigenvalue weighted by Gasteiger charge is -2.01. The lowest BCUT2D eigenvalue weighted by Crippen LogP contribution is -1.97. The van der Waals surface area contributed by atoms with Gasteiger partial charge in [0.1, 0.15) is 17.6 Å². The molecule has 0 aliphatic rings. The van der Waals surface area contributed by atoms with Gasteiger partial charge in [-0.25, -0.2) is 9.97 Å². The quantitative estimate of drug-likeness (QED) is 0.556. The number of rotatable bonds is 1. The van der Waals surface area contributed by atoms with Crippen LogP contribution in [-0.2, 0) is 0 Å². The highest BCUT2D eigenvalue weighted by atomic mass is 16.5. The third kappa shape index (κ3) is 1.21. The average molecular weight is 158 g/mol. The Morgan fingerprint density at radius 2 is 2.08 bits per heavy atom. The van der Waals surface area contributed by atoms with Crippen LogP contribution in [0.2, 0.25) is 0 Å². The number of hydrogen-bond acceptors (Lipinski definition) is 3. The fourth-order valence-electron chi connectivity index (χ4n) is 0.764. The number of hydrogen-bond donors (Lipinski definition) is 0.